The van der Waals surface area contributed by atoms with Crippen LogP contribution in [-0.2, 0) is 19.7 Å². The zero-order chi connectivity index (χ0) is 20.6. The van der Waals surface area contributed by atoms with E-state index in [1.165, 1.54) is 6.07 Å². The van der Waals surface area contributed by atoms with Crippen LogP contribution >= 0.6 is 0 Å². The minimum atomic E-state index is -0.910. The standard InChI is InChI=1S/C21H26FN3O4/c1-20(14-6-7-14)18(27)25(19(28)24-20)12-17(26)23-13-21(8-10-29-11-9-21)15-4-2-3-5-16(15)22/h2-5,14H,6-13H2,1H3,(H,23,26)(H,24,28)/t20-/m0/s1. The van der Waals surface area contributed by atoms with Gasteiger partial charge in [-0.05, 0) is 50.2 Å². The second-order valence-electron chi connectivity index (χ2n) is 8.45. The molecule has 29 heavy (non-hydrogen) atoms. The fourth-order valence-corrected chi connectivity index (χ4v) is 4.46. The number of rotatable bonds is 6. The molecule has 4 rings (SSSR count). The van der Waals surface area contributed by atoms with Crippen molar-refractivity contribution in [2.45, 2.75) is 43.6 Å². The van der Waals surface area contributed by atoms with Crippen LogP contribution in [0.4, 0.5) is 9.18 Å². The fraction of sp³-hybridized carbons (Fsp3) is 0.571. The minimum Gasteiger partial charge on any atom is -0.381 e. The van der Waals surface area contributed by atoms with Crippen LogP contribution in [0, 0.1) is 11.7 Å². The summed E-state index contributed by atoms with van der Waals surface area (Å²) < 4.78 is 19.9. The summed E-state index contributed by atoms with van der Waals surface area (Å²) in [4.78, 5) is 38.5. The summed E-state index contributed by atoms with van der Waals surface area (Å²) >= 11 is 0. The quantitative estimate of drug-likeness (QED) is 0.708. The van der Waals surface area contributed by atoms with Crippen LogP contribution in [0.3, 0.4) is 0 Å². The normalized spacial score (nSPS) is 26.3. The van der Waals surface area contributed by atoms with Gasteiger partial charge in [-0.1, -0.05) is 18.2 Å². The zero-order valence-electron chi connectivity index (χ0n) is 16.5. The van der Waals surface area contributed by atoms with Gasteiger partial charge < -0.3 is 15.4 Å². The van der Waals surface area contributed by atoms with Crippen molar-refractivity contribution in [2.75, 3.05) is 26.3 Å². The Morgan fingerprint density at radius 2 is 1.97 bits per heavy atom. The first-order valence-electron chi connectivity index (χ1n) is 10.1. The van der Waals surface area contributed by atoms with Crippen molar-refractivity contribution in [3.8, 4) is 0 Å². The molecule has 7 nitrogen and oxygen atoms in total. The molecule has 0 radical (unpaired) electrons. The maximum atomic E-state index is 14.5. The van der Waals surface area contributed by atoms with Gasteiger partial charge in [-0.25, -0.2) is 9.18 Å². The summed E-state index contributed by atoms with van der Waals surface area (Å²) in [7, 11) is 0. The molecule has 156 valence electrons. The lowest BCUT2D eigenvalue weighted by molar-refractivity contribution is -0.135. The van der Waals surface area contributed by atoms with E-state index in [0.717, 1.165) is 17.7 Å². The smallest absolute Gasteiger partial charge is 0.325 e. The minimum absolute atomic E-state index is 0.138. The van der Waals surface area contributed by atoms with Crippen LogP contribution in [0.25, 0.3) is 0 Å². The highest BCUT2D eigenvalue weighted by Crippen LogP contribution is 2.42. The molecular weight excluding hydrogens is 377 g/mol. The van der Waals surface area contributed by atoms with Crippen molar-refractivity contribution in [1.29, 1.82) is 0 Å². The van der Waals surface area contributed by atoms with Crippen molar-refractivity contribution in [1.82, 2.24) is 15.5 Å². The van der Waals surface area contributed by atoms with Crippen LogP contribution < -0.4 is 10.6 Å². The van der Waals surface area contributed by atoms with E-state index in [4.69, 9.17) is 4.74 Å². The lowest BCUT2D eigenvalue weighted by atomic mass is 9.74. The van der Waals surface area contributed by atoms with E-state index in [9.17, 15) is 18.8 Å². The SMILES string of the molecule is C[C@@]1(C2CC2)NC(=O)N(CC(=O)NCC2(c3ccccc3F)CCOCC2)C1=O. The maximum Gasteiger partial charge on any atom is 0.325 e. The Kier molecular flexibility index (Phi) is 5.06. The van der Waals surface area contributed by atoms with Gasteiger partial charge in [0, 0.05) is 25.2 Å². The average Bonchev–Trinajstić information content (AvgIpc) is 3.54. The molecule has 2 N–H and O–H groups in total. The van der Waals surface area contributed by atoms with Crippen LogP contribution in [0.1, 0.15) is 38.2 Å². The number of hydrogen-bond donors (Lipinski definition) is 2. The molecule has 2 aliphatic heterocycles. The van der Waals surface area contributed by atoms with Crippen LogP contribution in [0.2, 0.25) is 0 Å². The third kappa shape index (κ3) is 3.61. The third-order valence-electron chi connectivity index (χ3n) is 6.52. The predicted octanol–water partition coefficient (Wildman–Crippen LogP) is 1.71. The zero-order valence-corrected chi connectivity index (χ0v) is 16.5. The van der Waals surface area contributed by atoms with Crippen LogP contribution in [0.15, 0.2) is 24.3 Å². The van der Waals surface area contributed by atoms with Crippen molar-refractivity contribution < 1.29 is 23.5 Å². The molecule has 1 aliphatic carbocycles. The fourth-order valence-electron chi connectivity index (χ4n) is 4.46. The molecule has 4 amide bonds. The van der Waals surface area contributed by atoms with Gasteiger partial charge in [0.2, 0.25) is 5.91 Å². The molecule has 0 spiro atoms. The summed E-state index contributed by atoms with van der Waals surface area (Å²) in [5.74, 6) is -0.956. The lowest BCUT2D eigenvalue weighted by Crippen LogP contribution is -2.49. The largest absolute Gasteiger partial charge is 0.381 e. The lowest BCUT2D eigenvalue weighted by Gasteiger charge is -2.38. The van der Waals surface area contributed by atoms with E-state index in [2.05, 4.69) is 10.6 Å². The van der Waals surface area contributed by atoms with E-state index < -0.39 is 22.9 Å². The molecule has 1 aromatic rings. The Morgan fingerprint density at radius 1 is 1.28 bits per heavy atom. The second-order valence-corrected chi connectivity index (χ2v) is 8.45. The highest BCUT2D eigenvalue weighted by atomic mass is 19.1. The second kappa shape index (κ2) is 7.40. The molecule has 2 heterocycles. The number of ether oxygens (including phenoxy) is 1. The number of nitrogens with zero attached hydrogens (tertiary/aromatic N) is 1. The molecule has 0 aromatic heterocycles. The molecule has 1 atom stereocenters. The number of nitrogens with one attached hydrogen (secondary N) is 2. The van der Waals surface area contributed by atoms with Crippen molar-refractivity contribution >= 4 is 17.8 Å². The number of imide groups is 1. The highest BCUT2D eigenvalue weighted by Gasteiger charge is 2.56. The molecule has 3 aliphatic rings. The van der Waals surface area contributed by atoms with Crippen molar-refractivity contribution in [3.63, 3.8) is 0 Å². The van der Waals surface area contributed by atoms with Gasteiger partial charge in [-0.3, -0.25) is 14.5 Å². The number of carbonyl (C=O) groups is 3. The van der Waals surface area contributed by atoms with Gasteiger partial charge in [0.05, 0.1) is 0 Å². The van der Waals surface area contributed by atoms with Gasteiger partial charge in [0.25, 0.3) is 5.91 Å². The van der Waals surface area contributed by atoms with E-state index in [1.807, 2.05) is 0 Å². The Morgan fingerprint density at radius 3 is 2.62 bits per heavy atom. The molecule has 0 bridgehead atoms. The first-order valence-corrected chi connectivity index (χ1v) is 10.1. The van der Waals surface area contributed by atoms with Gasteiger partial charge in [0.15, 0.2) is 0 Å². The molecule has 1 saturated carbocycles. The summed E-state index contributed by atoms with van der Waals surface area (Å²) in [6.07, 6.45) is 2.96. The van der Waals surface area contributed by atoms with Crippen LogP contribution in [-0.4, -0.2) is 54.6 Å². The number of carbonyl (C=O) groups excluding carboxylic acids is 3. The van der Waals surface area contributed by atoms with E-state index >= 15 is 0 Å². The summed E-state index contributed by atoms with van der Waals surface area (Å²) in [5.41, 5.74) is -0.925. The summed E-state index contributed by atoms with van der Waals surface area (Å²) in [6, 6.07) is 6.04. The molecular formula is C21H26FN3O4. The van der Waals surface area contributed by atoms with Gasteiger partial charge in [-0.2, -0.15) is 0 Å². The molecule has 8 heteroatoms. The molecule has 0 unspecified atom stereocenters. The Labute approximate surface area is 169 Å². The van der Waals surface area contributed by atoms with E-state index in [-0.39, 0.29) is 30.7 Å². The number of benzene rings is 1. The highest BCUT2D eigenvalue weighted by molar-refractivity contribution is 6.09. The molecule has 2 saturated heterocycles. The number of halogens is 1. The Balaban J connectivity index is 1.43. The van der Waals surface area contributed by atoms with Gasteiger partial charge in [0.1, 0.15) is 17.9 Å². The van der Waals surface area contributed by atoms with Crippen molar-refractivity contribution in [3.05, 3.63) is 35.6 Å². The Bertz CT molecular complexity index is 835. The predicted molar refractivity (Wildman–Crippen MR) is 103 cm³/mol. The van der Waals surface area contributed by atoms with E-state index in [0.29, 0.717) is 31.6 Å². The topological polar surface area (TPSA) is 87.7 Å². The van der Waals surface area contributed by atoms with Crippen LogP contribution in [0.5, 0.6) is 0 Å². The first-order chi connectivity index (χ1) is 13.9. The van der Waals surface area contributed by atoms with Crippen molar-refractivity contribution in [2.24, 2.45) is 5.92 Å². The number of urea groups is 1. The molecule has 3 fully saturated rings. The molecule has 1 aromatic carbocycles. The van der Waals surface area contributed by atoms with Gasteiger partial charge >= 0.3 is 6.03 Å². The summed E-state index contributed by atoms with van der Waals surface area (Å²) in [5, 5.41) is 5.56. The van der Waals surface area contributed by atoms with Gasteiger partial charge in [-0.15, -0.1) is 0 Å². The number of amides is 4. The average molecular weight is 403 g/mol. The summed E-state index contributed by atoms with van der Waals surface area (Å²) in [6.45, 7) is 2.57. The first kappa shape index (κ1) is 19.8. The maximum absolute atomic E-state index is 14.5. The third-order valence-corrected chi connectivity index (χ3v) is 6.52. The Hall–Kier alpha value is -2.48. The number of hydrogen-bond acceptors (Lipinski definition) is 4. The van der Waals surface area contributed by atoms with E-state index in [1.54, 1.807) is 25.1 Å². The monoisotopic (exact) mass is 403 g/mol.